The number of hydrogen-bond donors (Lipinski definition) is 1. The standard InChI is InChI=1S/C23H32N6O2S/c1-3-27(18-9-4-8-17(2)16-18)13-7-12-24-21(31)19-10-5-14-28(19)22-25-26-23(32-22)29-15-6-11-20(29)30/h4,8-9,16,19H,3,5-7,10-15H2,1-2H3,(H,24,31)/t19-/m0/s1. The molecular formula is C23H32N6O2S. The average Bonchev–Trinajstić information content (AvgIpc) is 3.53. The van der Waals surface area contributed by atoms with Gasteiger partial charge in [0.25, 0.3) is 0 Å². The fraction of sp³-hybridized carbons (Fsp3) is 0.565. The summed E-state index contributed by atoms with van der Waals surface area (Å²) >= 11 is 1.41. The molecule has 172 valence electrons. The van der Waals surface area contributed by atoms with E-state index < -0.39 is 0 Å². The summed E-state index contributed by atoms with van der Waals surface area (Å²) in [4.78, 5) is 31.0. The Morgan fingerprint density at radius 1 is 1.25 bits per heavy atom. The zero-order chi connectivity index (χ0) is 22.5. The van der Waals surface area contributed by atoms with Crippen molar-refractivity contribution < 1.29 is 9.59 Å². The number of nitrogens with zero attached hydrogens (tertiary/aromatic N) is 5. The van der Waals surface area contributed by atoms with E-state index in [9.17, 15) is 9.59 Å². The highest BCUT2D eigenvalue weighted by Gasteiger charge is 2.34. The molecule has 0 radical (unpaired) electrons. The Bertz CT molecular complexity index is 948. The Morgan fingerprint density at radius 3 is 2.84 bits per heavy atom. The third kappa shape index (κ3) is 5.03. The summed E-state index contributed by atoms with van der Waals surface area (Å²) in [5, 5.41) is 13.0. The van der Waals surface area contributed by atoms with Crippen LogP contribution >= 0.6 is 11.3 Å². The first-order valence-corrected chi connectivity index (χ1v) is 12.4. The lowest BCUT2D eigenvalue weighted by Gasteiger charge is -2.25. The van der Waals surface area contributed by atoms with Gasteiger partial charge in [0.15, 0.2) is 0 Å². The molecule has 0 aliphatic carbocycles. The van der Waals surface area contributed by atoms with Gasteiger partial charge in [0.1, 0.15) is 6.04 Å². The van der Waals surface area contributed by atoms with E-state index in [2.05, 4.69) is 58.5 Å². The maximum absolute atomic E-state index is 12.9. The molecule has 2 fully saturated rings. The Hall–Kier alpha value is -2.68. The van der Waals surface area contributed by atoms with Gasteiger partial charge >= 0.3 is 0 Å². The maximum atomic E-state index is 12.9. The third-order valence-corrected chi connectivity index (χ3v) is 7.15. The second kappa shape index (κ2) is 10.3. The lowest BCUT2D eigenvalue weighted by Crippen LogP contribution is -2.44. The molecule has 9 heteroatoms. The monoisotopic (exact) mass is 456 g/mol. The van der Waals surface area contributed by atoms with Crippen LogP contribution in [-0.2, 0) is 9.59 Å². The Balaban J connectivity index is 1.28. The van der Waals surface area contributed by atoms with Crippen LogP contribution in [0.1, 0.15) is 44.6 Å². The number of carbonyl (C=O) groups excluding carboxylic acids is 2. The number of benzene rings is 1. The maximum Gasteiger partial charge on any atom is 0.242 e. The van der Waals surface area contributed by atoms with Gasteiger partial charge in [0.2, 0.25) is 22.1 Å². The molecule has 1 N–H and O–H groups in total. The van der Waals surface area contributed by atoms with Crippen LogP contribution in [0, 0.1) is 6.92 Å². The van der Waals surface area contributed by atoms with E-state index in [0.717, 1.165) is 50.4 Å². The molecule has 3 heterocycles. The smallest absolute Gasteiger partial charge is 0.242 e. The van der Waals surface area contributed by atoms with Crippen molar-refractivity contribution in [1.29, 1.82) is 0 Å². The minimum absolute atomic E-state index is 0.0510. The van der Waals surface area contributed by atoms with Crippen LogP contribution in [0.5, 0.6) is 0 Å². The molecule has 0 unspecified atom stereocenters. The van der Waals surface area contributed by atoms with E-state index in [1.165, 1.54) is 22.6 Å². The van der Waals surface area contributed by atoms with Crippen LogP contribution < -0.4 is 20.0 Å². The molecule has 2 aliphatic heterocycles. The van der Waals surface area contributed by atoms with Crippen molar-refractivity contribution in [3.8, 4) is 0 Å². The first kappa shape index (κ1) is 22.5. The topological polar surface area (TPSA) is 81.7 Å². The Labute approximate surface area is 193 Å². The molecule has 1 aromatic carbocycles. The van der Waals surface area contributed by atoms with Crippen LogP contribution in [0.25, 0.3) is 0 Å². The summed E-state index contributed by atoms with van der Waals surface area (Å²) in [6.07, 6.45) is 4.09. The van der Waals surface area contributed by atoms with Crippen molar-refractivity contribution in [3.05, 3.63) is 29.8 Å². The summed E-state index contributed by atoms with van der Waals surface area (Å²) in [6.45, 7) is 8.24. The van der Waals surface area contributed by atoms with Gasteiger partial charge in [0, 0.05) is 44.8 Å². The number of rotatable bonds is 9. The lowest BCUT2D eigenvalue weighted by molar-refractivity contribution is -0.122. The molecule has 0 bridgehead atoms. The summed E-state index contributed by atoms with van der Waals surface area (Å²) in [7, 11) is 0. The SMILES string of the molecule is CCN(CCCNC(=O)[C@@H]1CCCN1c1nnc(N2CCCC2=O)s1)c1cccc(C)c1. The Morgan fingerprint density at radius 2 is 2.09 bits per heavy atom. The second-order valence-electron chi connectivity index (χ2n) is 8.43. The van der Waals surface area contributed by atoms with Gasteiger partial charge in [-0.15, -0.1) is 10.2 Å². The molecule has 2 saturated heterocycles. The fourth-order valence-electron chi connectivity index (χ4n) is 4.45. The molecule has 8 nitrogen and oxygen atoms in total. The molecule has 1 atom stereocenters. The second-order valence-corrected chi connectivity index (χ2v) is 9.37. The summed E-state index contributed by atoms with van der Waals surface area (Å²) < 4.78 is 0. The number of aromatic nitrogens is 2. The first-order chi connectivity index (χ1) is 15.6. The van der Waals surface area contributed by atoms with E-state index >= 15 is 0 Å². The van der Waals surface area contributed by atoms with Crippen molar-refractivity contribution >= 4 is 39.1 Å². The highest BCUT2D eigenvalue weighted by atomic mass is 32.1. The van der Waals surface area contributed by atoms with E-state index in [-0.39, 0.29) is 17.9 Å². The van der Waals surface area contributed by atoms with Crippen molar-refractivity contribution in [2.24, 2.45) is 0 Å². The number of anilines is 3. The zero-order valence-corrected chi connectivity index (χ0v) is 19.7. The molecule has 2 aromatic rings. The van der Waals surface area contributed by atoms with Crippen LogP contribution in [-0.4, -0.2) is 60.8 Å². The zero-order valence-electron chi connectivity index (χ0n) is 18.9. The predicted octanol–water partition coefficient (Wildman–Crippen LogP) is 2.97. The minimum Gasteiger partial charge on any atom is -0.372 e. The van der Waals surface area contributed by atoms with Gasteiger partial charge in [-0.25, -0.2) is 0 Å². The van der Waals surface area contributed by atoms with Gasteiger partial charge in [-0.1, -0.05) is 23.5 Å². The van der Waals surface area contributed by atoms with E-state index in [4.69, 9.17) is 0 Å². The van der Waals surface area contributed by atoms with Gasteiger partial charge in [0.05, 0.1) is 0 Å². The molecule has 0 spiro atoms. The van der Waals surface area contributed by atoms with Crippen LogP contribution in [0.15, 0.2) is 24.3 Å². The predicted molar refractivity (Wildman–Crippen MR) is 129 cm³/mol. The van der Waals surface area contributed by atoms with E-state index in [1.54, 1.807) is 4.90 Å². The number of nitrogens with one attached hydrogen (secondary N) is 1. The third-order valence-electron chi connectivity index (χ3n) is 6.16. The molecule has 1 aromatic heterocycles. The highest BCUT2D eigenvalue weighted by molar-refractivity contribution is 7.19. The quantitative estimate of drug-likeness (QED) is 0.584. The number of hydrogen-bond acceptors (Lipinski definition) is 7. The summed E-state index contributed by atoms with van der Waals surface area (Å²) in [5.41, 5.74) is 2.48. The first-order valence-electron chi connectivity index (χ1n) is 11.6. The normalized spacial score (nSPS) is 18.4. The number of aryl methyl sites for hydroxylation is 1. The van der Waals surface area contributed by atoms with Crippen LogP contribution in [0.4, 0.5) is 16.0 Å². The molecule has 4 rings (SSSR count). The van der Waals surface area contributed by atoms with Crippen LogP contribution in [0.2, 0.25) is 0 Å². The number of carbonyl (C=O) groups is 2. The van der Waals surface area contributed by atoms with Crippen molar-refractivity contribution in [2.45, 2.75) is 52.0 Å². The van der Waals surface area contributed by atoms with Crippen molar-refractivity contribution in [1.82, 2.24) is 15.5 Å². The summed E-state index contributed by atoms with van der Waals surface area (Å²) in [5.74, 6) is 0.158. The summed E-state index contributed by atoms with van der Waals surface area (Å²) in [6, 6.07) is 8.31. The molecule has 0 saturated carbocycles. The van der Waals surface area contributed by atoms with Gasteiger partial charge in [-0.05, 0) is 57.2 Å². The molecule has 32 heavy (non-hydrogen) atoms. The molecule has 2 aliphatic rings. The fourth-order valence-corrected chi connectivity index (χ4v) is 5.41. The lowest BCUT2D eigenvalue weighted by atomic mass is 10.2. The largest absolute Gasteiger partial charge is 0.372 e. The van der Waals surface area contributed by atoms with E-state index in [0.29, 0.717) is 24.6 Å². The van der Waals surface area contributed by atoms with Gasteiger partial charge in [-0.2, -0.15) is 0 Å². The van der Waals surface area contributed by atoms with Crippen molar-refractivity contribution in [2.75, 3.05) is 47.4 Å². The average molecular weight is 457 g/mol. The minimum atomic E-state index is -0.218. The van der Waals surface area contributed by atoms with Gasteiger partial charge in [-0.3, -0.25) is 14.5 Å². The van der Waals surface area contributed by atoms with Gasteiger partial charge < -0.3 is 15.1 Å². The number of amides is 2. The molecule has 2 amide bonds. The Kier molecular flexibility index (Phi) is 7.24. The molecular weight excluding hydrogens is 424 g/mol. The van der Waals surface area contributed by atoms with Crippen molar-refractivity contribution in [3.63, 3.8) is 0 Å². The highest BCUT2D eigenvalue weighted by Crippen LogP contribution is 2.33. The van der Waals surface area contributed by atoms with E-state index in [1.807, 2.05) is 4.90 Å². The van der Waals surface area contributed by atoms with Crippen LogP contribution in [0.3, 0.4) is 0 Å².